The Bertz CT molecular complexity index is 1240. The number of hydrogen-bond acceptors (Lipinski definition) is 6. The number of ether oxygens (including phenoxy) is 1. The number of anilines is 1. The topological polar surface area (TPSA) is 107 Å². The molecule has 3 heterocycles. The van der Waals surface area contributed by atoms with Crippen LogP contribution < -0.4 is 9.64 Å². The average molecular weight is 586 g/mol. The third kappa shape index (κ3) is 5.72. The lowest BCUT2D eigenvalue weighted by Gasteiger charge is -2.35. The summed E-state index contributed by atoms with van der Waals surface area (Å²) in [5.41, 5.74) is 5.25. The van der Waals surface area contributed by atoms with Gasteiger partial charge in [0.05, 0.1) is 19.3 Å². The molecule has 3 aliphatic rings. The number of carbonyl (C=O) groups excluding carboxylic acids is 1. The monoisotopic (exact) mass is 584 g/mol. The maximum atomic E-state index is 13.6. The molecule has 2 fully saturated rings. The van der Waals surface area contributed by atoms with Crippen molar-refractivity contribution in [3.63, 3.8) is 0 Å². The molecule has 2 aliphatic heterocycles. The summed E-state index contributed by atoms with van der Waals surface area (Å²) >= 11 is 0. The smallest absolute Gasteiger partial charge is 0.303 e. The Kier molecular flexibility index (Phi) is 8.45. The van der Waals surface area contributed by atoms with Crippen LogP contribution in [0.5, 0.6) is 5.75 Å². The third-order valence-corrected chi connectivity index (χ3v) is 7.90. The van der Waals surface area contributed by atoms with Crippen molar-refractivity contribution < 1.29 is 19.4 Å². The Labute approximate surface area is 234 Å². The highest BCUT2D eigenvalue weighted by atomic mass is 79.9. The lowest BCUT2D eigenvalue weighted by Crippen LogP contribution is -2.35. The number of nitrogens with zero attached hydrogens (tertiary/aromatic N) is 3. The van der Waals surface area contributed by atoms with Crippen molar-refractivity contribution in [3.8, 4) is 5.75 Å². The number of fused-ring (bicyclic) bond motifs is 1. The van der Waals surface area contributed by atoms with Crippen LogP contribution in [0, 0.1) is 11.3 Å². The number of nitrogens with one attached hydrogen (secondary N) is 1. The molecule has 1 aromatic heterocycles. The Morgan fingerprint density at radius 2 is 1.87 bits per heavy atom. The number of hydrogen-bond donors (Lipinski definition) is 2. The fourth-order valence-corrected chi connectivity index (χ4v) is 5.58. The maximum absolute atomic E-state index is 13.6. The van der Waals surface area contributed by atoms with Crippen LogP contribution in [-0.2, 0) is 11.3 Å². The van der Waals surface area contributed by atoms with E-state index in [1.54, 1.807) is 7.11 Å². The maximum Gasteiger partial charge on any atom is 0.303 e. The van der Waals surface area contributed by atoms with Gasteiger partial charge in [0.25, 0.3) is 0 Å². The fourth-order valence-electron chi connectivity index (χ4n) is 5.58. The molecule has 2 aromatic rings. The SMILES string of the molecule is Br.COc1c(C(C)C)cc(C(=O)CN2Cc3ccc(C4CC4)nc3C2=N)cc1N1CCC(CC(=O)O)CC1. The number of aromatic nitrogens is 1. The van der Waals surface area contributed by atoms with Gasteiger partial charge in [-0.05, 0) is 61.3 Å². The first-order valence-electron chi connectivity index (χ1n) is 13.3. The molecule has 9 heteroatoms. The van der Waals surface area contributed by atoms with Gasteiger partial charge < -0.3 is 19.6 Å². The van der Waals surface area contributed by atoms with E-state index in [2.05, 4.69) is 30.9 Å². The van der Waals surface area contributed by atoms with Crippen molar-refractivity contribution >= 4 is 40.3 Å². The largest absolute Gasteiger partial charge is 0.494 e. The first kappa shape index (κ1) is 28.1. The number of halogens is 1. The number of Topliss-reactive ketones (excluding diaryl/α,β-unsaturated/α-hetero) is 1. The number of amidine groups is 1. The summed E-state index contributed by atoms with van der Waals surface area (Å²) < 4.78 is 5.85. The molecule has 0 radical (unpaired) electrons. The molecule has 1 aliphatic carbocycles. The molecule has 0 spiro atoms. The zero-order chi connectivity index (χ0) is 26.3. The van der Waals surface area contributed by atoms with Crippen molar-refractivity contribution in [2.24, 2.45) is 5.92 Å². The van der Waals surface area contributed by atoms with Crippen LogP contribution in [-0.4, -0.2) is 59.3 Å². The van der Waals surface area contributed by atoms with Crippen LogP contribution in [0.1, 0.15) is 90.7 Å². The Morgan fingerprint density at radius 3 is 2.47 bits per heavy atom. The molecule has 204 valence electrons. The predicted octanol–water partition coefficient (Wildman–Crippen LogP) is 5.38. The number of pyridine rings is 1. The molecule has 1 aromatic carbocycles. The number of carbonyl (C=O) groups is 2. The van der Waals surface area contributed by atoms with Gasteiger partial charge in [-0.1, -0.05) is 19.9 Å². The summed E-state index contributed by atoms with van der Waals surface area (Å²) in [6.07, 6.45) is 4.11. The van der Waals surface area contributed by atoms with Crippen LogP contribution in [0.3, 0.4) is 0 Å². The van der Waals surface area contributed by atoms with Crippen molar-refractivity contribution in [2.45, 2.75) is 64.3 Å². The number of carboxylic acids is 1. The van der Waals surface area contributed by atoms with Crippen molar-refractivity contribution in [1.82, 2.24) is 9.88 Å². The number of piperidine rings is 1. The summed E-state index contributed by atoms with van der Waals surface area (Å²) in [5, 5.41) is 17.9. The number of rotatable bonds is 9. The zero-order valence-corrected chi connectivity index (χ0v) is 24.0. The molecule has 1 saturated carbocycles. The van der Waals surface area contributed by atoms with E-state index in [1.807, 2.05) is 17.0 Å². The lowest BCUT2D eigenvalue weighted by molar-refractivity contribution is -0.138. The second-order valence-electron chi connectivity index (χ2n) is 10.9. The highest BCUT2D eigenvalue weighted by molar-refractivity contribution is 8.93. The number of methoxy groups -OCH3 is 1. The van der Waals surface area contributed by atoms with E-state index in [1.165, 1.54) is 0 Å². The number of ketones is 1. The van der Waals surface area contributed by atoms with Gasteiger partial charge in [0, 0.05) is 48.8 Å². The Hall–Kier alpha value is -2.94. The molecule has 0 unspecified atom stereocenters. The fraction of sp³-hybridized carbons (Fsp3) is 0.517. The van der Waals surface area contributed by atoms with E-state index in [4.69, 9.17) is 20.2 Å². The molecule has 0 amide bonds. The summed E-state index contributed by atoms with van der Waals surface area (Å²) in [7, 11) is 1.66. The first-order chi connectivity index (χ1) is 17.7. The third-order valence-electron chi connectivity index (χ3n) is 7.90. The molecule has 0 atom stereocenters. The van der Waals surface area contributed by atoms with E-state index < -0.39 is 5.97 Å². The molecular formula is C29H37BrN4O4. The summed E-state index contributed by atoms with van der Waals surface area (Å²) in [6, 6.07) is 7.98. The summed E-state index contributed by atoms with van der Waals surface area (Å²) in [6.45, 7) is 6.28. The van der Waals surface area contributed by atoms with Gasteiger partial charge in [-0.2, -0.15) is 0 Å². The minimum absolute atomic E-state index is 0. The van der Waals surface area contributed by atoms with E-state index in [-0.39, 0.29) is 47.6 Å². The second-order valence-corrected chi connectivity index (χ2v) is 10.9. The minimum atomic E-state index is -0.751. The van der Waals surface area contributed by atoms with E-state index in [9.17, 15) is 9.59 Å². The van der Waals surface area contributed by atoms with Crippen LogP contribution in [0.25, 0.3) is 0 Å². The summed E-state index contributed by atoms with van der Waals surface area (Å²) in [4.78, 5) is 33.5. The van der Waals surface area contributed by atoms with Gasteiger partial charge in [-0.15, -0.1) is 17.0 Å². The van der Waals surface area contributed by atoms with Gasteiger partial charge in [-0.3, -0.25) is 15.0 Å². The van der Waals surface area contributed by atoms with Crippen molar-refractivity contribution in [1.29, 1.82) is 5.41 Å². The molecule has 8 nitrogen and oxygen atoms in total. The highest BCUT2D eigenvalue weighted by Crippen LogP contribution is 2.41. The van der Waals surface area contributed by atoms with Crippen LogP contribution in [0.4, 0.5) is 5.69 Å². The minimum Gasteiger partial charge on any atom is -0.494 e. The van der Waals surface area contributed by atoms with Gasteiger partial charge in [0.15, 0.2) is 5.78 Å². The van der Waals surface area contributed by atoms with Crippen molar-refractivity contribution in [3.05, 3.63) is 52.3 Å². The first-order valence-corrected chi connectivity index (χ1v) is 13.3. The number of aliphatic carboxylic acids is 1. The van der Waals surface area contributed by atoms with Crippen LogP contribution >= 0.6 is 17.0 Å². The molecular weight excluding hydrogens is 548 g/mol. The van der Waals surface area contributed by atoms with E-state index in [0.29, 0.717) is 29.6 Å². The van der Waals surface area contributed by atoms with Crippen LogP contribution in [0.15, 0.2) is 24.3 Å². The second kappa shape index (κ2) is 11.4. The normalized spacial score (nSPS) is 17.4. The van der Waals surface area contributed by atoms with Gasteiger partial charge in [-0.25, -0.2) is 4.98 Å². The van der Waals surface area contributed by atoms with Gasteiger partial charge in [0.1, 0.15) is 17.3 Å². The van der Waals surface area contributed by atoms with Crippen LogP contribution in [0.2, 0.25) is 0 Å². The standard InChI is InChI=1S/C29H36N4O4.BrH/c1-17(2)22-13-21(14-24(28(22)37-3)32-10-8-18(9-11-32)12-26(35)36)25(34)16-33-15-20-6-7-23(19-4-5-19)31-27(20)29(33)30;/h6-7,13-14,17-19,30H,4-5,8-12,15-16H2,1-3H3,(H,35,36);1H. The van der Waals surface area contributed by atoms with E-state index in [0.717, 1.165) is 67.0 Å². The van der Waals surface area contributed by atoms with E-state index >= 15 is 0 Å². The molecule has 2 N–H and O–H groups in total. The quantitative estimate of drug-likeness (QED) is 0.381. The molecule has 1 saturated heterocycles. The number of benzene rings is 1. The average Bonchev–Trinajstić information content (AvgIpc) is 3.68. The lowest BCUT2D eigenvalue weighted by atomic mass is 9.91. The summed E-state index contributed by atoms with van der Waals surface area (Å²) in [5.74, 6) is 1.17. The zero-order valence-electron chi connectivity index (χ0n) is 22.3. The Balaban J connectivity index is 0.00000336. The van der Waals surface area contributed by atoms with Crippen molar-refractivity contribution in [2.75, 3.05) is 31.6 Å². The van der Waals surface area contributed by atoms with Gasteiger partial charge in [0.2, 0.25) is 0 Å². The molecule has 0 bridgehead atoms. The predicted molar refractivity (Wildman–Crippen MR) is 152 cm³/mol. The molecule has 38 heavy (non-hydrogen) atoms. The highest BCUT2D eigenvalue weighted by Gasteiger charge is 2.32. The Morgan fingerprint density at radius 1 is 1.16 bits per heavy atom. The number of carboxylic acid groups (broad SMARTS) is 1. The molecule has 5 rings (SSSR count). The van der Waals surface area contributed by atoms with Gasteiger partial charge >= 0.3 is 5.97 Å².